The molecule has 0 saturated carbocycles. The van der Waals surface area contributed by atoms with E-state index < -0.39 is 0 Å². The zero-order chi connectivity index (χ0) is 17.1. The molecule has 0 bridgehead atoms. The number of nitrogens with zero attached hydrogens (tertiary/aromatic N) is 5. The Morgan fingerprint density at radius 1 is 1.21 bits per heavy atom. The SMILES string of the molecule is C[C@@H]1CCC[C@H](C)N1C(=O)CSc1nnc(-c2ccncc2)n1C. The molecule has 1 aliphatic heterocycles. The van der Waals surface area contributed by atoms with E-state index in [9.17, 15) is 4.79 Å². The Kier molecular flexibility index (Phi) is 5.18. The highest BCUT2D eigenvalue weighted by Gasteiger charge is 2.29. The average molecular weight is 345 g/mol. The van der Waals surface area contributed by atoms with Crippen molar-refractivity contribution < 1.29 is 4.79 Å². The summed E-state index contributed by atoms with van der Waals surface area (Å²) < 4.78 is 1.93. The second-order valence-corrected chi connectivity index (χ2v) is 7.26. The summed E-state index contributed by atoms with van der Waals surface area (Å²) in [7, 11) is 1.93. The second kappa shape index (κ2) is 7.34. The van der Waals surface area contributed by atoms with Crippen molar-refractivity contribution >= 4 is 17.7 Å². The molecule has 0 radical (unpaired) electrons. The number of carbonyl (C=O) groups is 1. The third-order valence-electron chi connectivity index (χ3n) is 4.58. The van der Waals surface area contributed by atoms with Crippen molar-refractivity contribution in [3.05, 3.63) is 24.5 Å². The molecule has 128 valence electrons. The van der Waals surface area contributed by atoms with Gasteiger partial charge in [-0.25, -0.2) is 0 Å². The Bertz CT molecular complexity index is 692. The lowest BCUT2D eigenvalue weighted by Gasteiger charge is -2.39. The first-order chi connectivity index (χ1) is 11.6. The minimum atomic E-state index is 0.188. The molecule has 7 heteroatoms. The molecule has 1 saturated heterocycles. The first-order valence-electron chi connectivity index (χ1n) is 8.31. The number of likely N-dealkylation sites (tertiary alicyclic amines) is 1. The lowest BCUT2D eigenvalue weighted by molar-refractivity contribution is -0.134. The zero-order valence-electron chi connectivity index (χ0n) is 14.3. The van der Waals surface area contributed by atoms with Crippen molar-refractivity contribution in [2.45, 2.75) is 50.4 Å². The molecular formula is C17H23N5OS. The standard InChI is InChI=1S/C17H23N5OS/c1-12-5-4-6-13(2)22(12)15(23)11-24-17-20-19-16(21(17)3)14-7-9-18-10-8-14/h7-10,12-13H,4-6,11H2,1-3H3/t12-,13+. The molecule has 0 unspecified atom stereocenters. The van der Waals surface area contributed by atoms with Gasteiger partial charge in [-0.3, -0.25) is 9.78 Å². The Balaban J connectivity index is 1.67. The summed E-state index contributed by atoms with van der Waals surface area (Å²) in [5.74, 6) is 1.37. The van der Waals surface area contributed by atoms with Crippen molar-refractivity contribution in [2.24, 2.45) is 7.05 Å². The largest absolute Gasteiger partial charge is 0.337 e. The van der Waals surface area contributed by atoms with E-state index in [2.05, 4.69) is 29.0 Å². The first kappa shape index (κ1) is 17.0. The average Bonchev–Trinajstić information content (AvgIpc) is 2.94. The summed E-state index contributed by atoms with van der Waals surface area (Å²) in [6, 6.07) is 4.46. The van der Waals surface area contributed by atoms with E-state index in [4.69, 9.17) is 0 Å². The lowest BCUT2D eigenvalue weighted by atomic mass is 9.98. The van der Waals surface area contributed by atoms with Crippen LogP contribution < -0.4 is 0 Å². The van der Waals surface area contributed by atoms with Gasteiger partial charge in [0, 0.05) is 37.1 Å². The van der Waals surface area contributed by atoms with Gasteiger partial charge in [0.05, 0.1) is 5.75 Å². The highest BCUT2D eigenvalue weighted by Crippen LogP contribution is 2.26. The van der Waals surface area contributed by atoms with Crippen molar-refractivity contribution in [1.29, 1.82) is 0 Å². The van der Waals surface area contributed by atoms with Crippen LogP contribution in [0.15, 0.2) is 29.7 Å². The zero-order valence-corrected chi connectivity index (χ0v) is 15.2. The maximum atomic E-state index is 12.6. The number of pyridine rings is 1. The van der Waals surface area contributed by atoms with E-state index in [1.54, 1.807) is 12.4 Å². The number of amides is 1. The summed E-state index contributed by atoms with van der Waals surface area (Å²) in [6.07, 6.45) is 6.87. The number of rotatable bonds is 4. The lowest BCUT2D eigenvalue weighted by Crippen LogP contribution is -2.48. The highest BCUT2D eigenvalue weighted by molar-refractivity contribution is 7.99. The molecule has 0 aliphatic carbocycles. The minimum Gasteiger partial charge on any atom is -0.337 e. The molecule has 2 aromatic heterocycles. The number of carbonyl (C=O) groups excluding carboxylic acids is 1. The van der Waals surface area contributed by atoms with E-state index >= 15 is 0 Å². The molecule has 0 spiro atoms. The molecule has 1 aliphatic rings. The monoisotopic (exact) mass is 345 g/mol. The predicted molar refractivity (Wildman–Crippen MR) is 94.6 cm³/mol. The smallest absolute Gasteiger partial charge is 0.233 e. The number of hydrogen-bond donors (Lipinski definition) is 0. The Labute approximate surface area is 146 Å². The van der Waals surface area contributed by atoms with Gasteiger partial charge in [0.25, 0.3) is 0 Å². The van der Waals surface area contributed by atoms with Crippen LogP contribution in [0.2, 0.25) is 0 Å². The van der Waals surface area contributed by atoms with Gasteiger partial charge in [-0.05, 0) is 45.2 Å². The van der Waals surface area contributed by atoms with Crippen LogP contribution in [0.25, 0.3) is 11.4 Å². The fourth-order valence-corrected chi connectivity index (χ4v) is 4.09. The van der Waals surface area contributed by atoms with E-state index in [-0.39, 0.29) is 5.91 Å². The third-order valence-corrected chi connectivity index (χ3v) is 5.58. The number of aromatic nitrogens is 4. The van der Waals surface area contributed by atoms with E-state index in [1.807, 2.05) is 28.6 Å². The van der Waals surface area contributed by atoms with Crippen molar-refractivity contribution in [1.82, 2.24) is 24.6 Å². The van der Waals surface area contributed by atoms with Crippen LogP contribution in [0, 0.1) is 0 Å². The highest BCUT2D eigenvalue weighted by atomic mass is 32.2. The van der Waals surface area contributed by atoms with E-state index in [1.165, 1.54) is 18.2 Å². The minimum absolute atomic E-state index is 0.188. The topological polar surface area (TPSA) is 63.9 Å². The van der Waals surface area contributed by atoms with Gasteiger partial charge in [0.15, 0.2) is 11.0 Å². The van der Waals surface area contributed by atoms with Crippen LogP contribution in [0.4, 0.5) is 0 Å². The van der Waals surface area contributed by atoms with Gasteiger partial charge in [-0.2, -0.15) is 0 Å². The molecule has 3 heterocycles. The first-order valence-corrected chi connectivity index (χ1v) is 9.30. The molecule has 0 N–H and O–H groups in total. The fraction of sp³-hybridized carbons (Fsp3) is 0.529. The molecule has 6 nitrogen and oxygen atoms in total. The van der Waals surface area contributed by atoms with Gasteiger partial charge in [0.1, 0.15) is 0 Å². The maximum Gasteiger partial charge on any atom is 0.233 e. The Hall–Kier alpha value is -1.89. The normalized spacial score (nSPS) is 21.0. The fourth-order valence-electron chi connectivity index (χ4n) is 3.31. The van der Waals surface area contributed by atoms with Crippen molar-refractivity contribution in [2.75, 3.05) is 5.75 Å². The summed E-state index contributed by atoms with van der Waals surface area (Å²) in [6.45, 7) is 4.28. The molecule has 1 amide bonds. The molecular weight excluding hydrogens is 322 g/mol. The summed E-state index contributed by atoms with van der Waals surface area (Å²) in [5, 5.41) is 9.23. The van der Waals surface area contributed by atoms with E-state index in [0.717, 1.165) is 29.4 Å². The van der Waals surface area contributed by atoms with E-state index in [0.29, 0.717) is 17.8 Å². The second-order valence-electron chi connectivity index (χ2n) is 6.32. The van der Waals surface area contributed by atoms with Gasteiger partial charge in [-0.1, -0.05) is 11.8 Å². The van der Waals surface area contributed by atoms with Crippen LogP contribution in [0.3, 0.4) is 0 Å². The molecule has 1 fully saturated rings. The van der Waals surface area contributed by atoms with Gasteiger partial charge < -0.3 is 9.47 Å². The summed E-state index contributed by atoms with van der Waals surface area (Å²) in [4.78, 5) is 18.7. The van der Waals surface area contributed by atoms with Crippen LogP contribution in [-0.2, 0) is 11.8 Å². The maximum absolute atomic E-state index is 12.6. The molecule has 0 aromatic carbocycles. The quantitative estimate of drug-likeness (QED) is 0.797. The molecule has 3 rings (SSSR count). The predicted octanol–water partition coefficient (Wildman–Crippen LogP) is 2.76. The molecule has 24 heavy (non-hydrogen) atoms. The summed E-state index contributed by atoms with van der Waals surface area (Å²) >= 11 is 1.45. The van der Waals surface area contributed by atoms with Crippen LogP contribution >= 0.6 is 11.8 Å². The number of hydrogen-bond acceptors (Lipinski definition) is 5. The van der Waals surface area contributed by atoms with Gasteiger partial charge in [0.2, 0.25) is 5.91 Å². The van der Waals surface area contributed by atoms with Gasteiger partial charge in [-0.15, -0.1) is 10.2 Å². The number of thioether (sulfide) groups is 1. The molecule has 2 atom stereocenters. The van der Waals surface area contributed by atoms with Crippen LogP contribution in [-0.4, -0.2) is 48.4 Å². The summed E-state index contributed by atoms with van der Waals surface area (Å²) in [5.41, 5.74) is 0.969. The van der Waals surface area contributed by atoms with Crippen molar-refractivity contribution in [3.8, 4) is 11.4 Å². The number of piperidine rings is 1. The van der Waals surface area contributed by atoms with Crippen LogP contribution in [0.5, 0.6) is 0 Å². The Morgan fingerprint density at radius 2 is 1.88 bits per heavy atom. The van der Waals surface area contributed by atoms with Crippen LogP contribution in [0.1, 0.15) is 33.1 Å². The molecule has 2 aromatic rings. The van der Waals surface area contributed by atoms with Gasteiger partial charge >= 0.3 is 0 Å². The van der Waals surface area contributed by atoms with Crippen molar-refractivity contribution in [3.63, 3.8) is 0 Å². The third kappa shape index (κ3) is 3.45. The Morgan fingerprint density at radius 3 is 2.54 bits per heavy atom.